The predicted molar refractivity (Wildman–Crippen MR) is 159 cm³/mol. The predicted octanol–water partition coefficient (Wildman–Crippen LogP) is 11.1. The third kappa shape index (κ3) is 4.99. The summed E-state index contributed by atoms with van der Waals surface area (Å²) in [4.78, 5) is 4.09. The molecular weight excluding hydrogens is 562 g/mol. The van der Waals surface area contributed by atoms with Crippen molar-refractivity contribution in [3.8, 4) is 22.3 Å². The number of anilines is 2. The maximum Gasteiger partial charge on any atom is 0.416 e. The Labute approximate surface area is 241 Å². The SMILES string of the molecule is FC(F)(F)c1cc(-c2cc(Nc3cccnc3)cc(-c3cc4ccc5cccc6ccc(c3)c4c56)c2)cc(C(F)(F)F)c1. The van der Waals surface area contributed by atoms with Crippen LogP contribution in [0.15, 0.2) is 116 Å². The highest BCUT2D eigenvalue weighted by Gasteiger charge is 2.37. The zero-order chi connectivity index (χ0) is 29.9. The molecule has 7 aromatic rings. The van der Waals surface area contributed by atoms with Crippen LogP contribution in [0.1, 0.15) is 11.1 Å². The molecule has 0 aliphatic rings. The Balaban J connectivity index is 1.45. The number of hydrogen-bond acceptors (Lipinski definition) is 2. The van der Waals surface area contributed by atoms with Crippen molar-refractivity contribution >= 4 is 43.7 Å². The van der Waals surface area contributed by atoms with Gasteiger partial charge in [0, 0.05) is 11.9 Å². The first-order valence-electron chi connectivity index (χ1n) is 13.3. The van der Waals surface area contributed by atoms with Crippen LogP contribution in [0.2, 0.25) is 0 Å². The van der Waals surface area contributed by atoms with E-state index < -0.39 is 23.5 Å². The smallest absolute Gasteiger partial charge is 0.354 e. The van der Waals surface area contributed by atoms with Crippen molar-refractivity contribution in [2.45, 2.75) is 12.4 Å². The van der Waals surface area contributed by atoms with Crippen LogP contribution in [0.3, 0.4) is 0 Å². The summed E-state index contributed by atoms with van der Waals surface area (Å²) in [7, 11) is 0. The average molecular weight is 583 g/mol. The second kappa shape index (κ2) is 9.73. The minimum absolute atomic E-state index is 0.140. The quantitative estimate of drug-likeness (QED) is 0.165. The van der Waals surface area contributed by atoms with E-state index in [1.807, 2.05) is 48.5 Å². The van der Waals surface area contributed by atoms with Crippen molar-refractivity contribution in [2.24, 2.45) is 0 Å². The summed E-state index contributed by atoms with van der Waals surface area (Å²) in [5.74, 6) is 0. The van der Waals surface area contributed by atoms with Crippen LogP contribution < -0.4 is 5.32 Å². The minimum atomic E-state index is -4.96. The molecule has 1 aromatic heterocycles. The molecule has 0 spiro atoms. The van der Waals surface area contributed by atoms with Gasteiger partial charge in [0.2, 0.25) is 0 Å². The molecule has 0 aliphatic carbocycles. The maximum absolute atomic E-state index is 13.7. The summed E-state index contributed by atoms with van der Waals surface area (Å²) >= 11 is 0. The number of benzene rings is 6. The zero-order valence-electron chi connectivity index (χ0n) is 22.2. The van der Waals surface area contributed by atoms with Gasteiger partial charge in [0.25, 0.3) is 0 Å². The van der Waals surface area contributed by atoms with Gasteiger partial charge in [-0.15, -0.1) is 0 Å². The summed E-state index contributed by atoms with van der Waals surface area (Å²) in [6.07, 6.45) is -6.75. The van der Waals surface area contributed by atoms with Crippen LogP contribution >= 0.6 is 0 Å². The topological polar surface area (TPSA) is 24.9 Å². The number of pyridine rings is 1. The van der Waals surface area contributed by atoms with E-state index in [0.717, 1.165) is 50.0 Å². The van der Waals surface area contributed by atoms with Gasteiger partial charge < -0.3 is 5.32 Å². The van der Waals surface area contributed by atoms with Crippen LogP contribution in [0.5, 0.6) is 0 Å². The van der Waals surface area contributed by atoms with Crippen molar-refractivity contribution in [2.75, 3.05) is 5.32 Å². The van der Waals surface area contributed by atoms with E-state index in [0.29, 0.717) is 16.9 Å². The number of rotatable bonds is 4. The fraction of sp³-hybridized carbons (Fsp3) is 0.0571. The van der Waals surface area contributed by atoms with Gasteiger partial charge >= 0.3 is 12.4 Å². The van der Waals surface area contributed by atoms with Crippen molar-refractivity contribution in [3.05, 3.63) is 127 Å². The number of alkyl halides is 6. The molecule has 8 heteroatoms. The summed E-state index contributed by atoms with van der Waals surface area (Å²) in [6.45, 7) is 0. The number of nitrogens with zero attached hydrogens (tertiary/aromatic N) is 1. The van der Waals surface area contributed by atoms with Crippen LogP contribution in [0, 0.1) is 0 Å². The Morgan fingerprint density at radius 3 is 1.51 bits per heavy atom. The minimum Gasteiger partial charge on any atom is -0.354 e. The molecule has 6 aromatic carbocycles. The molecule has 1 heterocycles. The van der Waals surface area contributed by atoms with Crippen LogP contribution in [-0.4, -0.2) is 4.98 Å². The number of nitrogens with one attached hydrogen (secondary N) is 1. The molecule has 0 atom stereocenters. The Morgan fingerprint density at radius 1 is 0.465 bits per heavy atom. The van der Waals surface area contributed by atoms with Crippen molar-refractivity contribution in [1.29, 1.82) is 0 Å². The highest BCUT2D eigenvalue weighted by atomic mass is 19.4. The molecule has 7 rings (SSSR count). The third-order valence-corrected chi connectivity index (χ3v) is 7.60. The lowest BCUT2D eigenvalue weighted by atomic mass is 9.90. The van der Waals surface area contributed by atoms with Gasteiger partial charge in [-0.3, -0.25) is 4.98 Å². The van der Waals surface area contributed by atoms with Gasteiger partial charge in [-0.25, -0.2) is 0 Å². The van der Waals surface area contributed by atoms with Crippen LogP contribution in [0.25, 0.3) is 54.6 Å². The molecule has 0 fully saturated rings. The van der Waals surface area contributed by atoms with Gasteiger partial charge in [0.15, 0.2) is 0 Å². The molecular formula is C35H20F6N2. The Bertz CT molecular complexity index is 2040. The lowest BCUT2D eigenvalue weighted by Crippen LogP contribution is -2.11. The fourth-order valence-electron chi connectivity index (χ4n) is 5.68. The summed E-state index contributed by atoms with van der Waals surface area (Å²) in [5, 5.41) is 9.59. The largest absolute Gasteiger partial charge is 0.416 e. The standard InChI is InChI=1S/C35H20F6N2/c36-34(37,38)28-14-27(15-29(18-28)35(39,40)41)26-13-25(16-31(17-26)43-30-5-2-10-42-19-30)24-11-22-8-6-20-3-1-4-21-7-9-23(12-24)33(22)32(20)21/h1-19,43H. The number of aromatic nitrogens is 1. The molecule has 212 valence electrons. The molecule has 0 amide bonds. The normalized spacial score (nSPS) is 12.4. The Hall–Kier alpha value is -5.11. The molecule has 43 heavy (non-hydrogen) atoms. The molecule has 0 saturated heterocycles. The van der Waals surface area contributed by atoms with E-state index in [1.165, 1.54) is 6.07 Å². The van der Waals surface area contributed by atoms with E-state index in [-0.39, 0.29) is 17.2 Å². The zero-order valence-corrected chi connectivity index (χ0v) is 22.2. The van der Waals surface area contributed by atoms with Gasteiger partial charge in [-0.2, -0.15) is 26.3 Å². The molecule has 1 N–H and O–H groups in total. The molecule has 0 bridgehead atoms. The molecule has 2 nitrogen and oxygen atoms in total. The van der Waals surface area contributed by atoms with Crippen LogP contribution in [-0.2, 0) is 12.4 Å². The molecule has 0 aliphatic heterocycles. The van der Waals surface area contributed by atoms with E-state index >= 15 is 0 Å². The lowest BCUT2D eigenvalue weighted by molar-refractivity contribution is -0.143. The summed E-state index contributed by atoms with van der Waals surface area (Å²) in [6, 6.07) is 28.3. The van der Waals surface area contributed by atoms with Crippen molar-refractivity contribution < 1.29 is 26.3 Å². The van der Waals surface area contributed by atoms with Gasteiger partial charge in [-0.05, 0) is 115 Å². The van der Waals surface area contributed by atoms with E-state index in [9.17, 15) is 26.3 Å². The first-order valence-corrected chi connectivity index (χ1v) is 13.3. The van der Waals surface area contributed by atoms with E-state index in [1.54, 1.807) is 30.6 Å². The van der Waals surface area contributed by atoms with Crippen molar-refractivity contribution in [3.63, 3.8) is 0 Å². The molecule has 0 saturated carbocycles. The number of hydrogen-bond donors (Lipinski definition) is 1. The van der Waals surface area contributed by atoms with Gasteiger partial charge in [-0.1, -0.05) is 42.5 Å². The highest BCUT2D eigenvalue weighted by molar-refractivity contribution is 6.23. The lowest BCUT2D eigenvalue weighted by Gasteiger charge is -2.17. The summed E-state index contributed by atoms with van der Waals surface area (Å²) < 4.78 is 82.3. The molecule has 0 unspecified atom stereocenters. The summed E-state index contributed by atoms with van der Waals surface area (Å²) in [5.41, 5.74) is -0.246. The molecule has 0 radical (unpaired) electrons. The first-order chi connectivity index (χ1) is 20.5. The Kier molecular flexibility index (Phi) is 6.06. The monoisotopic (exact) mass is 582 g/mol. The van der Waals surface area contributed by atoms with Gasteiger partial charge in [0.05, 0.1) is 23.0 Å². The number of halogens is 6. The Morgan fingerprint density at radius 2 is 0.977 bits per heavy atom. The maximum atomic E-state index is 13.7. The average Bonchev–Trinajstić information content (AvgIpc) is 2.99. The fourth-order valence-corrected chi connectivity index (χ4v) is 5.68. The van der Waals surface area contributed by atoms with Crippen molar-refractivity contribution in [1.82, 2.24) is 4.98 Å². The van der Waals surface area contributed by atoms with Gasteiger partial charge in [0.1, 0.15) is 0 Å². The first kappa shape index (κ1) is 26.8. The third-order valence-electron chi connectivity index (χ3n) is 7.60. The van der Waals surface area contributed by atoms with E-state index in [2.05, 4.69) is 22.4 Å². The van der Waals surface area contributed by atoms with Crippen LogP contribution in [0.4, 0.5) is 37.7 Å². The van der Waals surface area contributed by atoms with E-state index in [4.69, 9.17) is 0 Å². The highest BCUT2D eigenvalue weighted by Crippen LogP contribution is 2.42. The second-order valence-electron chi connectivity index (χ2n) is 10.5. The second-order valence-corrected chi connectivity index (χ2v) is 10.5.